The number of nitrogens with zero attached hydrogens (tertiary/aromatic N) is 3. The molecule has 3 rings (SSSR count). The molecule has 3 aromatic rings. The van der Waals surface area contributed by atoms with Gasteiger partial charge in [0.15, 0.2) is 5.75 Å². The molecule has 0 amide bonds. The van der Waals surface area contributed by atoms with Gasteiger partial charge in [0.25, 0.3) is 0 Å². The minimum Gasteiger partial charge on any atom is -0.457 e. The van der Waals surface area contributed by atoms with Gasteiger partial charge in [0, 0.05) is 12.4 Å². The molecule has 0 aliphatic carbocycles. The van der Waals surface area contributed by atoms with Gasteiger partial charge in [0.05, 0.1) is 23.9 Å². The lowest BCUT2D eigenvalue weighted by Crippen LogP contribution is -2.37. The smallest absolute Gasteiger partial charge is 0.404 e. The molecule has 0 radical (unpaired) electrons. The highest BCUT2D eigenvalue weighted by atomic mass is 32.2. The second-order valence-corrected chi connectivity index (χ2v) is 8.36. The van der Waals surface area contributed by atoms with Gasteiger partial charge >= 0.3 is 6.18 Å². The fourth-order valence-electron chi connectivity index (χ4n) is 2.71. The molecule has 0 saturated carbocycles. The number of alkyl halides is 3. The number of hydrogen-bond acceptors (Lipinski definition) is 5. The van der Waals surface area contributed by atoms with Gasteiger partial charge in [0.1, 0.15) is 11.5 Å². The number of sulfonamides is 1. The zero-order valence-corrected chi connectivity index (χ0v) is 16.8. The number of pyridine rings is 1. The molecular weight excluding hydrogens is 431 g/mol. The Kier molecular flexibility index (Phi) is 6.46. The summed E-state index contributed by atoms with van der Waals surface area (Å²) in [6.07, 6.45) is -2.02. The van der Waals surface area contributed by atoms with Gasteiger partial charge in [-0.1, -0.05) is 6.07 Å². The molecule has 160 valence electrons. The van der Waals surface area contributed by atoms with Crippen molar-refractivity contribution in [2.24, 2.45) is 0 Å². The first-order valence-electron chi connectivity index (χ1n) is 8.90. The highest BCUT2D eigenvalue weighted by molar-refractivity contribution is 7.92. The molecule has 1 heterocycles. The van der Waals surface area contributed by atoms with E-state index in [-0.39, 0.29) is 12.2 Å². The van der Waals surface area contributed by atoms with Crippen LogP contribution in [0.15, 0.2) is 73.1 Å². The first-order chi connectivity index (χ1) is 14.7. The minimum atomic E-state index is -4.88. The summed E-state index contributed by atoms with van der Waals surface area (Å²) in [7, 11) is -4.70. The molecule has 0 N–H and O–H groups in total. The van der Waals surface area contributed by atoms with Crippen LogP contribution in [0.1, 0.15) is 11.1 Å². The van der Waals surface area contributed by atoms with E-state index >= 15 is 0 Å². The van der Waals surface area contributed by atoms with E-state index in [1.807, 2.05) is 6.07 Å². The highest BCUT2D eigenvalue weighted by Gasteiger charge is 2.38. The van der Waals surface area contributed by atoms with Crippen LogP contribution < -0.4 is 9.04 Å². The monoisotopic (exact) mass is 447 g/mol. The van der Waals surface area contributed by atoms with Crippen LogP contribution in [-0.4, -0.2) is 25.3 Å². The topological polar surface area (TPSA) is 83.3 Å². The van der Waals surface area contributed by atoms with E-state index in [9.17, 15) is 21.6 Å². The van der Waals surface area contributed by atoms with Crippen LogP contribution in [0, 0.1) is 11.3 Å². The number of halogens is 3. The van der Waals surface area contributed by atoms with Crippen LogP contribution in [0.4, 0.5) is 18.9 Å². The first kappa shape index (κ1) is 22.1. The van der Waals surface area contributed by atoms with Gasteiger partial charge in [-0.25, -0.2) is 8.42 Å². The summed E-state index contributed by atoms with van der Waals surface area (Å²) in [6, 6.07) is 17.1. The van der Waals surface area contributed by atoms with Crippen molar-refractivity contribution in [2.75, 3.05) is 10.1 Å². The third kappa shape index (κ3) is 6.20. The molecule has 2 aromatic carbocycles. The molecule has 0 aliphatic rings. The van der Waals surface area contributed by atoms with E-state index in [0.29, 0.717) is 26.9 Å². The van der Waals surface area contributed by atoms with Gasteiger partial charge in [-0.2, -0.15) is 18.4 Å². The number of ether oxygens (including phenoxy) is 1. The zero-order valence-electron chi connectivity index (χ0n) is 16.0. The molecule has 10 heteroatoms. The Morgan fingerprint density at radius 1 is 1.00 bits per heavy atom. The van der Waals surface area contributed by atoms with Crippen molar-refractivity contribution < 1.29 is 26.3 Å². The van der Waals surface area contributed by atoms with E-state index in [0.717, 1.165) is 0 Å². The van der Waals surface area contributed by atoms with Crippen molar-refractivity contribution in [1.82, 2.24) is 4.98 Å². The number of rotatable bonds is 7. The summed E-state index contributed by atoms with van der Waals surface area (Å²) in [4.78, 5) is 3.88. The fraction of sp³-hybridized carbons (Fsp3) is 0.143. The SMILES string of the molecule is N#Cc1ccc(Oc2ccc(N(Cc3cccnc3)S(=O)(=O)CC(F)(F)F)cc2)cc1. The van der Waals surface area contributed by atoms with E-state index in [2.05, 4.69) is 4.98 Å². The Balaban J connectivity index is 1.86. The molecule has 1 aromatic heterocycles. The maximum Gasteiger partial charge on any atom is 0.404 e. The molecule has 6 nitrogen and oxygen atoms in total. The van der Waals surface area contributed by atoms with E-state index in [1.54, 1.807) is 36.4 Å². The van der Waals surface area contributed by atoms with E-state index in [1.165, 1.54) is 36.7 Å². The van der Waals surface area contributed by atoms with Gasteiger partial charge in [-0.15, -0.1) is 0 Å². The van der Waals surface area contributed by atoms with Gasteiger partial charge < -0.3 is 4.74 Å². The molecule has 0 saturated heterocycles. The van der Waals surface area contributed by atoms with Crippen molar-refractivity contribution in [2.45, 2.75) is 12.7 Å². The fourth-order valence-corrected chi connectivity index (χ4v) is 4.06. The summed E-state index contributed by atoms with van der Waals surface area (Å²) in [5.74, 6) is -1.18. The summed E-state index contributed by atoms with van der Waals surface area (Å²) in [5, 5.41) is 8.82. The predicted octanol–water partition coefficient (Wildman–Crippen LogP) is 4.64. The Hall–Kier alpha value is -3.58. The quantitative estimate of drug-likeness (QED) is 0.527. The lowest BCUT2D eigenvalue weighted by atomic mass is 10.2. The highest BCUT2D eigenvalue weighted by Crippen LogP contribution is 2.29. The Morgan fingerprint density at radius 2 is 1.61 bits per heavy atom. The second kappa shape index (κ2) is 9.06. The van der Waals surface area contributed by atoms with Crippen LogP contribution in [0.3, 0.4) is 0 Å². The van der Waals surface area contributed by atoms with Gasteiger partial charge in [-0.05, 0) is 60.2 Å². The van der Waals surface area contributed by atoms with Crippen LogP contribution >= 0.6 is 0 Å². The minimum absolute atomic E-state index is 0.0558. The van der Waals surface area contributed by atoms with E-state index in [4.69, 9.17) is 10.00 Å². The molecule has 0 fully saturated rings. The van der Waals surface area contributed by atoms with Crippen LogP contribution in [0.5, 0.6) is 11.5 Å². The third-order valence-corrected chi connectivity index (χ3v) is 5.78. The van der Waals surface area contributed by atoms with E-state index < -0.39 is 22.0 Å². The number of benzene rings is 2. The average molecular weight is 447 g/mol. The number of nitriles is 1. The normalized spacial score (nSPS) is 11.5. The number of aromatic nitrogens is 1. The standard InChI is InChI=1S/C21H16F3N3O3S/c22-21(23,24)15-31(28,29)27(14-17-2-1-11-26-13-17)18-5-9-20(10-6-18)30-19-7-3-16(12-25)4-8-19/h1-11,13H,14-15H2. The van der Waals surface area contributed by atoms with Crippen LogP contribution in [0.2, 0.25) is 0 Å². The molecule has 0 bridgehead atoms. The molecule has 0 aliphatic heterocycles. The van der Waals surface area contributed by atoms with Crippen molar-refractivity contribution >= 4 is 15.7 Å². The van der Waals surface area contributed by atoms with Crippen molar-refractivity contribution in [1.29, 1.82) is 5.26 Å². The molecule has 31 heavy (non-hydrogen) atoms. The summed E-state index contributed by atoms with van der Waals surface area (Å²) in [5.41, 5.74) is 0.954. The average Bonchev–Trinajstić information content (AvgIpc) is 2.72. The predicted molar refractivity (Wildman–Crippen MR) is 108 cm³/mol. The van der Waals surface area contributed by atoms with Crippen molar-refractivity contribution in [3.05, 3.63) is 84.2 Å². The maximum atomic E-state index is 12.9. The Bertz CT molecular complexity index is 1160. The summed E-state index contributed by atoms with van der Waals surface area (Å²) in [6.45, 7) is -0.303. The van der Waals surface area contributed by atoms with Gasteiger partial charge in [0.2, 0.25) is 10.0 Å². The largest absolute Gasteiger partial charge is 0.457 e. The molecule has 0 spiro atoms. The maximum absolute atomic E-state index is 12.9. The summed E-state index contributed by atoms with van der Waals surface area (Å²) < 4.78 is 70.0. The Labute approximate surface area is 177 Å². The molecular formula is C21H16F3N3O3S. The zero-order chi connectivity index (χ0) is 22.5. The number of hydrogen-bond donors (Lipinski definition) is 0. The lowest BCUT2D eigenvalue weighted by Gasteiger charge is -2.25. The first-order valence-corrected chi connectivity index (χ1v) is 10.5. The third-order valence-electron chi connectivity index (χ3n) is 4.07. The van der Waals surface area contributed by atoms with Crippen LogP contribution in [-0.2, 0) is 16.6 Å². The van der Waals surface area contributed by atoms with Crippen LogP contribution in [0.25, 0.3) is 0 Å². The molecule has 0 unspecified atom stereocenters. The van der Waals surface area contributed by atoms with Crippen molar-refractivity contribution in [3.8, 4) is 17.6 Å². The number of anilines is 1. The lowest BCUT2D eigenvalue weighted by molar-refractivity contribution is -0.106. The second-order valence-electron chi connectivity index (χ2n) is 6.47. The Morgan fingerprint density at radius 3 is 2.13 bits per heavy atom. The molecule has 0 atom stereocenters. The van der Waals surface area contributed by atoms with Gasteiger partial charge in [-0.3, -0.25) is 9.29 Å². The van der Waals surface area contributed by atoms with Crippen molar-refractivity contribution in [3.63, 3.8) is 0 Å². The summed E-state index contributed by atoms with van der Waals surface area (Å²) >= 11 is 0.